The molecule has 0 bridgehead atoms. The molecule has 0 heterocycles. The Morgan fingerprint density at radius 1 is 0.600 bits per heavy atom. The van der Waals surface area contributed by atoms with Crippen molar-refractivity contribution in [3.8, 4) is 22.3 Å². The first kappa shape index (κ1) is 12.5. The SMILES string of the molecule is ONc1ccc(-c2ccccc2)cc1-c1ccccc1. The molecular formula is C18H15NO. The van der Waals surface area contributed by atoms with E-state index >= 15 is 0 Å². The molecule has 98 valence electrons. The molecule has 0 aromatic heterocycles. The van der Waals surface area contributed by atoms with E-state index in [1.165, 1.54) is 0 Å². The predicted molar refractivity (Wildman–Crippen MR) is 82.7 cm³/mol. The molecule has 3 aromatic rings. The molecule has 20 heavy (non-hydrogen) atoms. The summed E-state index contributed by atoms with van der Waals surface area (Å²) in [6, 6.07) is 26.2. The zero-order valence-electron chi connectivity index (χ0n) is 11.0. The van der Waals surface area contributed by atoms with Crippen molar-refractivity contribution >= 4 is 5.69 Å². The molecule has 0 atom stereocenters. The maximum Gasteiger partial charge on any atom is 0.0680 e. The third-order valence-electron chi connectivity index (χ3n) is 3.33. The van der Waals surface area contributed by atoms with Crippen LogP contribution in [0.4, 0.5) is 5.69 Å². The summed E-state index contributed by atoms with van der Waals surface area (Å²) in [5.41, 5.74) is 7.32. The van der Waals surface area contributed by atoms with Gasteiger partial charge in [-0.05, 0) is 28.8 Å². The Hall–Kier alpha value is -2.58. The molecule has 2 N–H and O–H groups in total. The highest BCUT2D eigenvalue weighted by molar-refractivity contribution is 5.82. The number of hydrogen-bond donors (Lipinski definition) is 2. The number of anilines is 1. The highest BCUT2D eigenvalue weighted by Gasteiger charge is 2.06. The average molecular weight is 261 g/mol. The van der Waals surface area contributed by atoms with E-state index in [4.69, 9.17) is 0 Å². The monoisotopic (exact) mass is 261 g/mol. The molecule has 3 rings (SSSR count). The van der Waals surface area contributed by atoms with E-state index < -0.39 is 0 Å². The summed E-state index contributed by atoms with van der Waals surface area (Å²) in [4.78, 5) is 0. The first-order valence-electron chi connectivity index (χ1n) is 6.53. The molecule has 0 radical (unpaired) electrons. The molecule has 0 aliphatic carbocycles. The fourth-order valence-electron chi connectivity index (χ4n) is 2.31. The number of nitrogens with one attached hydrogen (secondary N) is 1. The van der Waals surface area contributed by atoms with Crippen molar-refractivity contribution in [2.75, 3.05) is 5.48 Å². The Morgan fingerprint density at radius 2 is 1.20 bits per heavy atom. The summed E-state index contributed by atoms with van der Waals surface area (Å²) < 4.78 is 0. The van der Waals surface area contributed by atoms with Gasteiger partial charge in [0.25, 0.3) is 0 Å². The Labute approximate surface area is 118 Å². The van der Waals surface area contributed by atoms with Crippen LogP contribution < -0.4 is 5.48 Å². The maximum atomic E-state index is 9.29. The molecule has 2 nitrogen and oxygen atoms in total. The first-order valence-corrected chi connectivity index (χ1v) is 6.53. The largest absolute Gasteiger partial charge is 0.291 e. The van der Waals surface area contributed by atoms with Crippen LogP contribution >= 0.6 is 0 Å². The molecule has 0 aliphatic heterocycles. The van der Waals surface area contributed by atoms with Gasteiger partial charge in [0, 0.05) is 5.56 Å². The lowest BCUT2D eigenvalue weighted by molar-refractivity contribution is 0.389. The molecular weight excluding hydrogens is 246 g/mol. The molecule has 0 fully saturated rings. The van der Waals surface area contributed by atoms with Gasteiger partial charge in [-0.3, -0.25) is 10.7 Å². The van der Waals surface area contributed by atoms with Crippen LogP contribution in [-0.2, 0) is 0 Å². The van der Waals surface area contributed by atoms with Crippen molar-refractivity contribution in [3.05, 3.63) is 78.9 Å². The van der Waals surface area contributed by atoms with Gasteiger partial charge >= 0.3 is 0 Å². The summed E-state index contributed by atoms with van der Waals surface area (Å²) in [6.07, 6.45) is 0. The minimum atomic E-state index is 0.705. The Morgan fingerprint density at radius 3 is 1.80 bits per heavy atom. The highest BCUT2D eigenvalue weighted by atomic mass is 16.5. The second-order valence-electron chi connectivity index (χ2n) is 4.60. The van der Waals surface area contributed by atoms with E-state index in [1.807, 2.05) is 60.7 Å². The van der Waals surface area contributed by atoms with E-state index in [1.54, 1.807) is 0 Å². The summed E-state index contributed by atoms with van der Waals surface area (Å²) in [5.74, 6) is 0. The van der Waals surface area contributed by atoms with Gasteiger partial charge < -0.3 is 0 Å². The molecule has 3 aromatic carbocycles. The van der Waals surface area contributed by atoms with E-state index in [9.17, 15) is 5.21 Å². The lowest BCUT2D eigenvalue weighted by Gasteiger charge is -2.11. The zero-order valence-corrected chi connectivity index (χ0v) is 11.0. The van der Waals surface area contributed by atoms with Gasteiger partial charge in [0.1, 0.15) is 0 Å². The average Bonchev–Trinajstić information content (AvgIpc) is 2.56. The fourth-order valence-corrected chi connectivity index (χ4v) is 2.31. The number of hydrogen-bond acceptors (Lipinski definition) is 2. The van der Waals surface area contributed by atoms with Gasteiger partial charge in [0.05, 0.1) is 5.69 Å². The van der Waals surface area contributed by atoms with Gasteiger partial charge in [0.15, 0.2) is 0 Å². The minimum absolute atomic E-state index is 0.705. The summed E-state index contributed by atoms with van der Waals surface area (Å²) >= 11 is 0. The van der Waals surface area contributed by atoms with Crippen LogP contribution in [0.5, 0.6) is 0 Å². The highest BCUT2D eigenvalue weighted by Crippen LogP contribution is 2.32. The van der Waals surface area contributed by atoms with Crippen LogP contribution in [0.3, 0.4) is 0 Å². The standard InChI is InChI=1S/C18H15NO/c20-19-18-12-11-16(14-7-3-1-4-8-14)13-17(18)15-9-5-2-6-10-15/h1-13,19-20H. The third kappa shape index (κ3) is 2.42. The molecule has 0 amide bonds. The van der Waals surface area contributed by atoms with Crippen LogP contribution in [0.2, 0.25) is 0 Å². The van der Waals surface area contributed by atoms with Crippen LogP contribution in [-0.4, -0.2) is 5.21 Å². The smallest absolute Gasteiger partial charge is 0.0680 e. The van der Waals surface area contributed by atoms with Gasteiger partial charge in [0.2, 0.25) is 0 Å². The van der Waals surface area contributed by atoms with E-state index in [0.717, 1.165) is 22.3 Å². The molecule has 0 saturated carbocycles. The van der Waals surface area contributed by atoms with Crippen molar-refractivity contribution in [3.63, 3.8) is 0 Å². The number of benzene rings is 3. The van der Waals surface area contributed by atoms with Gasteiger partial charge in [-0.15, -0.1) is 0 Å². The maximum absolute atomic E-state index is 9.29. The van der Waals surface area contributed by atoms with E-state index in [-0.39, 0.29) is 0 Å². The minimum Gasteiger partial charge on any atom is -0.291 e. The molecule has 0 saturated heterocycles. The topological polar surface area (TPSA) is 32.3 Å². The summed E-state index contributed by atoms with van der Waals surface area (Å²) in [6.45, 7) is 0. The Kier molecular flexibility index (Phi) is 3.48. The van der Waals surface area contributed by atoms with Crippen molar-refractivity contribution in [2.45, 2.75) is 0 Å². The molecule has 2 heteroatoms. The van der Waals surface area contributed by atoms with Crippen LogP contribution in [0.25, 0.3) is 22.3 Å². The quantitative estimate of drug-likeness (QED) is 0.662. The second kappa shape index (κ2) is 5.59. The molecule has 0 spiro atoms. The first-order chi connectivity index (χ1) is 9.88. The van der Waals surface area contributed by atoms with Crippen molar-refractivity contribution < 1.29 is 5.21 Å². The van der Waals surface area contributed by atoms with Crippen LogP contribution in [0.15, 0.2) is 78.9 Å². The van der Waals surface area contributed by atoms with E-state index in [0.29, 0.717) is 5.69 Å². The Balaban J connectivity index is 2.13. The van der Waals surface area contributed by atoms with Gasteiger partial charge in [-0.2, -0.15) is 0 Å². The lowest BCUT2D eigenvalue weighted by Crippen LogP contribution is -1.93. The second-order valence-corrected chi connectivity index (χ2v) is 4.60. The Bertz CT molecular complexity index is 693. The third-order valence-corrected chi connectivity index (χ3v) is 3.33. The van der Waals surface area contributed by atoms with Crippen LogP contribution in [0.1, 0.15) is 0 Å². The summed E-state index contributed by atoms with van der Waals surface area (Å²) in [7, 11) is 0. The van der Waals surface area contributed by atoms with Gasteiger partial charge in [-0.25, -0.2) is 0 Å². The van der Waals surface area contributed by atoms with Crippen LogP contribution in [0, 0.1) is 0 Å². The molecule has 0 aliphatic rings. The lowest BCUT2D eigenvalue weighted by atomic mass is 9.97. The van der Waals surface area contributed by atoms with E-state index in [2.05, 4.69) is 23.7 Å². The molecule has 0 unspecified atom stereocenters. The van der Waals surface area contributed by atoms with Crippen molar-refractivity contribution in [1.82, 2.24) is 0 Å². The summed E-state index contributed by atoms with van der Waals surface area (Å²) in [5, 5.41) is 9.29. The van der Waals surface area contributed by atoms with Crippen molar-refractivity contribution in [2.24, 2.45) is 0 Å². The predicted octanol–water partition coefficient (Wildman–Crippen LogP) is 4.82. The fraction of sp³-hybridized carbons (Fsp3) is 0. The van der Waals surface area contributed by atoms with Gasteiger partial charge in [-0.1, -0.05) is 66.7 Å². The normalized spacial score (nSPS) is 10.2. The number of rotatable bonds is 3. The van der Waals surface area contributed by atoms with Crippen molar-refractivity contribution in [1.29, 1.82) is 0 Å². The zero-order chi connectivity index (χ0) is 13.8.